The van der Waals surface area contributed by atoms with Crippen LogP contribution in [0.1, 0.15) is 48.4 Å². The highest BCUT2D eigenvalue weighted by atomic mass is 16.4. The van der Waals surface area contributed by atoms with Crippen molar-refractivity contribution in [3.63, 3.8) is 0 Å². The van der Waals surface area contributed by atoms with Crippen molar-refractivity contribution in [2.45, 2.75) is 32.7 Å². The molecule has 0 saturated heterocycles. The molecule has 1 aliphatic carbocycles. The normalized spacial score (nSPS) is 13.3. The van der Waals surface area contributed by atoms with Gasteiger partial charge in [-0.25, -0.2) is 9.78 Å². The molecule has 182 valence electrons. The fourth-order valence-corrected chi connectivity index (χ4v) is 4.88. The van der Waals surface area contributed by atoms with E-state index in [-0.39, 0.29) is 24.3 Å². The Morgan fingerprint density at radius 3 is 2.22 bits per heavy atom. The number of aromatic nitrogens is 1. The fraction of sp³-hybridized carbons (Fsp3) is 0.241. The van der Waals surface area contributed by atoms with Crippen molar-refractivity contribution < 1.29 is 14.0 Å². The Labute approximate surface area is 208 Å². The number of benzene rings is 3. The molecule has 0 fully saturated rings. The Morgan fingerprint density at radius 2 is 1.58 bits per heavy atom. The zero-order valence-electron chi connectivity index (χ0n) is 20.4. The lowest BCUT2D eigenvalue weighted by Crippen LogP contribution is -2.41. The molecule has 1 aliphatic rings. The molecule has 0 saturated carbocycles. The number of carbonyl (C=O) groups excluding carboxylic acids is 2. The van der Waals surface area contributed by atoms with Gasteiger partial charge in [0.15, 0.2) is 0 Å². The SMILES string of the molecule is Cc1cccc2nc(C(NC(=O)CNC(=O)C3c4ccccc4-c4ccccc43)C(C)C)oc(=O)c12. The number of hydrogen-bond donors (Lipinski definition) is 2. The number of amides is 2. The van der Waals surface area contributed by atoms with Crippen LogP contribution < -0.4 is 16.3 Å². The van der Waals surface area contributed by atoms with E-state index in [1.165, 1.54) is 0 Å². The Balaban J connectivity index is 1.32. The number of hydrogen-bond acceptors (Lipinski definition) is 5. The largest absolute Gasteiger partial charge is 0.406 e. The van der Waals surface area contributed by atoms with Gasteiger partial charge in [0.05, 0.1) is 23.4 Å². The van der Waals surface area contributed by atoms with E-state index in [1.54, 1.807) is 6.07 Å². The van der Waals surface area contributed by atoms with E-state index >= 15 is 0 Å². The van der Waals surface area contributed by atoms with Crippen LogP contribution in [-0.2, 0) is 9.59 Å². The summed E-state index contributed by atoms with van der Waals surface area (Å²) in [6.07, 6.45) is 0. The molecule has 1 aromatic heterocycles. The average molecular weight is 482 g/mol. The summed E-state index contributed by atoms with van der Waals surface area (Å²) in [4.78, 5) is 43.2. The number of aryl methyl sites for hydroxylation is 1. The van der Waals surface area contributed by atoms with Crippen molar-refractivity contribution in [2.75, 3.05) is 6.54 Å². The summed E-state index contributed by atoms with van der Waals surface area (Å²) in [6, 6.07) is 20.4. The second kappa shape index (κ2) is 9.41. The van der Waals surface area contributed by atoms with Crippen molar-refractivity contribution in [2.24, 2.45) is 5.92 Å². The number of carbonyl (C=O) groups is 2. The molecule has 0 aliphatic heterocycles. The standard InChI is InChI=1S/C29H27N3O4/c1-16(2)26(28-31-22-14-8-9-17(3)24(22)29(35)36-28)32-23(33)15-30-27(34)25-20-12-6-4-10-18(20)19-11-5-7-13-21(19)25/h4-14,16,25-26H,15H2,1-3H3,(H,30,34)(H,32,33). The minimum atomic E-state index is -0.625. The quantitative estimate of drug-likeness (QED) is 0.429. The summed E-state index contributed by atoms with van der Waals surface area (Å²) < 4.78 is 5.51. The Kier molecular flexibility index (Phi) is 6.14. The van der Waals surface area contributed by atoms with Crippen LogP contribution in [0.25, 0.3) is 22.0 Å². The van der Waals surface area contributed by atoms with Crippen LogP contribution in [0.5, 0.6) is 0 Å². The van der Waals surface area contributed by atoms with E-state index in [1.807, 2.05) is 81.4 Å². The van der Waals surface area contributed by atoms with Crippen LogP contribution in [0.2, 0.25) is 0 Å². The summed E-state index contributed by atoms with van der Waals surface area (Å²) in [6.45, 7) is 5.42. The van der Waals surface area contributed by atoms with Gasteiger partial charge in [0.25, 0.3) is 0 Å². The molecule has 2 N–H and O–H groups in total. The van der Waals surface area contributed by atoms with E-state index in [0.29, 0.717) is 10.9 Å². The number of fused-ring (bicyclic) bond motifs is 4. The van der Waals surface area contributed by atoms with Crippen molar-refractivity contribution in [3.8, 4) is 11.1 Å². The molecule has 1 heterocycles. The lowest BCUT2D eigenvalue weighted by Gasteiger charge is -2.21. The zero-order chi connectivity index (χ0) is 25.4. The molecule has 1 atom stereocenters. The van der Waals surface area contributed by atoms with E-state index in [9.17, 15) is 14.4 Å². The number of rotatable bonds is 6. The summed E-state index contributed by atoms with van der Waals surface area (Å²) in [7, 11) is 0. The molecule has 1 unspecified atom stereocenters. The first-order valence-corrected chi connectivity index (χ1v) is 12.0. The molecule has 7 heteroatoms. The maximum Gasteiger partial charge on any atom is 0.347 e. The lowest BCUT2D eigenvalue weighted by molar-refractivity contribution is -0.127. The Hall–Kier alpha value is -4.26. The van der Waals surface area contributed by atoms with Gasteiger partial charge >= 0.3 is 5.63 Å². The molecule has 5 rings (SSSR count). The van der Waals surface area contributed by atoms with Gasteiger partial charge in [0.1, 0.15) is 6.04 Å². The van der Waals surface area contributed by atoms with Crippen LogP contribution >= 0.6 is 0 Å². The van der Waals surface area contributed by atoms with Crippen LogP contribution in [0.15, 0.2) is 75.9 Å². The maximum absolute atomic E-state index is 13.2. The fourth-order valence-electron chi connectivity index (χ4n) is 4.88. The Bertz CT molecular complexity index is 1490. The highest BCUT2D eigenvalue weighted by Gasteiger charge is 2.33. The molecule has 3 aromatic carbocycles. The van der Waals surface area contributed by atoms with Gasteiger partial charge in [-0.2, -0.15) is 0 Å². The topological polar surface area (TPSA) is 101 Å². The molecule has 4 aromatic rings. The maximum atomic E-state index is 13.2. The van der Waals surface area contributed by atoms with Crippen LogP contribution in [-0.4, -0.2) is 23.3 Å². The molecular weight excluding hydrogens is 454 g/mol. The smallest absolute Gasteiger partial charge is 0.347 e. The van der Waals surface area contributed by atoms with Crippen LogP contribution in [0.3, 0.4) is 0 Å². The molecule has 0 bridgehead atoms. The minimum absolute atomic E-state index is 0.101. The van der Waals surface area contributed by atoms with Gasteiger partial charge in [0, 0.05) is 0 Å². The van der Waals surface area contributed by atoms with Crippen LogP contribution in [0.4, 0.5) is 0 Å². The van der Waals surface area contributed by atoms with Crippen molar-refractivity contribution in [3.05, 3.63) is 99.7 Å². The third-order valence-corrected chi connectivity index (χ3v) is 6.65. The second-order valence-electron chi connectivity index (χ2n) is 9.42. The van der Waals surface area contributed by atoms with E-state index in [2.05, 4.69) is 15.6 Å². The summed E-state index contributed by atoms with van der Waals surface area (Å²) in [5.41, 5.74) is 4.73. The predicted octanol–water partition coefficient (Wildman–Crippen LogP) is 4.24. The van der Waals surface area contributed by atoms with Gasteiger partial charge in [-0.3, -0.25) is 9.59 Å². The minimum Gasteiger partial charge on any atom is -0.406 e. The first-order chi connectivity index (χ1) is 17.3. The summed E-state index contributed by atoms with van der Waals surface area (Å²) in [5.74, 6) is -1.07. The number of nitrogens with zero attached hydrogens (tertiary/aromatic N) is 1. The summed E-state index contributed by atoms with van der Waals surface area (Å²) in [5, 5.41) is 6.09. The van der Waals surface area contributed by atoms with Crippen LogP contribution in [0, 0.1) is 12.8 Å². The highest BCUT2D eigenvalue weighted by molar-refractivity contribution is 5.97. The van der Waals surface area contributed by atoms with Gasteiger partial charge in [-0.05, 0) is 46.7 Å². The van der Waals surface area contributed by atoms with Crippen molar-refractivity contribution >= 4 is 22.7 Å². The molecule has 0 spiro atoms. The van der Waals surface area contributed by atoms with Gasteiger partial charge in [-0.1, -0.05) is 74.5 Å². The van der Waals surface area contributed by atoms with E-state index < -0.39 is 23.5 Å². The molecule has 0 radical (unpaired) electrons. The zero-order valence-corrected chi connectivity index (χ0v) is 20.4. The average Bonchev–Trinajstić information content (AvgIpc) is 3.20. The highest BCUT2D eigenvalue weighted by Crippen LogP contribution is 2.44. The second-order valence-corrected chi connectivity index (χ2v) is 9.42. The summed E-state index contributed by atoms with van der Waals surface area (Å²) >= 11 is 0. The molecule has 36 heavy (non-hydrogen) atoms. The molecule has 2 amide bonds. The monoisotopic (exact) mass is 481 g/mol. The van der Waals surface area contributed by atoms with Gasteiger partial charge in [0.2, 0.25) is 17.7 Å². The first kappa shape index (κ1) is 23.5. The lowest BCUT2D eigenvalue weighted by atomic mass is 9.96. The van der Waals surface area contributed by atoms with E-state index in [0.717, 1.165) is 27.8 Å². The predicted molar refractivity (Wildman–Crippen MR) is 137 cm³/mol. The van der Waals surface area contributed by atoms with Crippen molar-refractivity contribution in [1.29, 1.82) is 0 Å². The first-order valence-electron chi connectivity index (χ1n) is 12.0. The molecule has 7 nitrogen and oxygen atoms in total. The number of nitrogens with one attached hydrogen (secondary N) is 2. The van der Waals surface area contributed by atoms with Gasteiger partial charge in [-0.15, -0.1) is 0 Å². The third-order valence-electron chi connectivity index (χ3n) is 6.65. The van der Waals surface area contributed by atoms with E-state index in [4.69, 9.17) is 4.42 Å². The van der Waals surface area contributed by atoms with Crippen molar-refractivity contribution in [1.82, 2.24) is 15.6 Å². The molecular formula is C29H27N3O4. The van der Waals surface area contributed by atoms with Gasteiger partial charge < -0.3 is 15.1 Å². The Morgan fingerprint density at radius 1 is 0.944 bits per heavy atom. The third kappa shape index (κ3) is 4.17.